The van der Waals surface area contributed by atoms with Crippen LogP contribution in [0.2, 0.25) is 0 Å². The Bertz CT molecular complexity index is 569. The first-order valence-electron chi connectivity index (χ1n) is 7.43. The summed E-state index contributed by atoms with van der Waals surface area (Å²) in [6.07, 6.45) is 4.25. The molecule has 1 aromatic carbocycles. The van der Waals surface area contributed by atoms with Crippen LogP contribution in [0.5, 0.6) is 0 Å². The zero-order valence-corrected chi connectivity index (χ0v) is 12.2. The minimum Gasteiger partial charge on any atom is -0.317 e. The summed E-state index contributed by atoms with van der Waals surface area (Å²) in [5.74, 6) is 1.75. The van der Waals surface area contributed by atoms with Crippen LogP contribution in [0.1, 0.15) is 42.6 Å². The summed E-state index contributed by atoms with van der Waals surface area (Å²) in [4.78, 5) is 0. The Morgan fingerprint density at radius 3 is 2.95 bits per heavy atom. The van der Waals surface area contributed by atoms with Gasteiger partial charge in [0.1, 0.15) is 12.2 Å². The number of nitrogens with one attached hydrogen (secondary N) is 1. The van der Waals surface area contributed by atoms with Crippen LogP contribution in [0.15, 0.2) is 30.6 Å². The Hall–Kier alpha value is -1.68. The third-order valence-corrected chi connectivity index (χ3v) is 4.24. The zero-order chi connectivity index (χ0) is 13.9. The molecule has 0 saturated heterocycles. The van der Waals surface area contributed by atoms with Gasteiger partial charge in [-0.25, -0.2) is 0 Å². The van der Waals surface area contributed by atoms with Gasteiger partial charge in [-0.15, -0.1) is 10.2 Å². The summed E-state index contributed by atoms with van der Waals surface area (Å²) in [6.45, 7) is 6.03. The topological polar surface area (TPSA) is 42.7 Å². The van der Waals surface area contributed by atoms with Crippen LogP contribution in [0.3, 0.4) is 0 Å². The third kappa shape index (κ3) is 2.75. The second kappa shape index (κ2) is 5.75. The summed E-state index contributed by atoms with van der Waals surface area (Å²) >= 11 is 0. The number of aromatic nitrogens is 3. The summed E-state index contributed by atoms with van der Waals surface area (Å²) in [6, 6.07) is 9.50. The predicted octanol–water partition coefficient (Wildman–Crippen LogP) is 2.64. The second-order valence-corrected chi connectivity index (χ2v) is 5.69. The van der Waals surface area contributed by atoms with Crippen LogP contribution in [0, 0.1) is 6.92 Å². The molecule has 0 unspecified atom stereocenters. The maximum absolute atomic E-state index is 4.16. The fraction of sp³-hybridized carbons (Fsp3) is 0.500. The van der Waals surface area contributed by atoms with Crippen molar-refractivity contribution in [3.05, 3.63) is 47.5 Å². The van der Waals surface area contributed by atoms with Gasteiger partial charge < -0.3 is 9.88 Å². The SMILES string of the molecule is CCn1cnnc1CNC1CC(c2cccc(C)c2)C1. The number of aryl methyl sites for hydroxylation is 2. The molecule has 2 aromatic rings. The van der Waals surface area contributed by atoms with Crippen molar-refractivity contribution < 1.29 is 0 Å². The zero-order valence-electron chi connectivity index (χ0n) is 12.2. The molecule has 0 radical (unpaired) electrons. The molecular formula is C16H22N4. The summed E-state index contributed by atoms with van der Waals surface area (Å²) in [5, 5.41) is 11.7. The van der Waals surface area contributed by atoms with Crippen molar-refractivity contribution in [1.29, 1.82) is 0 Å². The first kappa shape index (κ1) is 13.3. The molecule has 0 atom stereocenters. The lowest BCUT2D eigenvalue weighted by molar-refractivity contribution is 0.286. The highest BCUT2D eigenvalue weighted by Crippen LogP contribution is 2.37. The van der Waals surface area contributed by atoms with Crippen LogP contribution in [-0.2, 0) is 13.1 Å². The Kier molecular flexibility index (Phi) is 3.83. The van der Waals surface area contributed by atoms with Crippen molar-refractivity contribution in [2.45, 2.75) is 51.7 Å². The van der Waals surface area contributed by atoms with Crippen molar-refractivity contribution in [1.82, 2.24) is 20.1 Å². The van der Waals surface area contributed by atoms with Gasteiger partial charge in [-0.2, -0.15) is 0 Å². The number of nitrogens with zero attached hydrogens (tertiary/aromatic N) is 3. The molecule has 1 fully saturated rings. The predicted molar refractivity (Wildman–Crippen MR) is 79.5 cm³/mol. The molecule has 3 rings (SSSR count). The average molecular weight is 270 g/mol. The van der Waals surface area contributed by atoms with E-state index in [9.17, 15) is 0 Å². The summed E-state index contributed by atoms with van der Waals surface area (Å²) < 4.78 is 2.09. The lowest BCUT2D eigenvalue weighted by atomic mass is 9.75. The molecule has 4 heteroatoms. The molecule has 4 nitrogen and oxygen atoms in total. The highest BCUT2D eigenvalue weighted by Gasteiger charge is 2.30. The molecule has 1 aliphatic carbocycles. The first-order valence-corrected chi connectivity index (χ1v) is 7.43. The lowest BCUT2D eigenvalue weighted by Gasteiger charge is -2.36. The van der Waals surface area contributed by atoms with Gasteiger partial charge >= 0.3 is 0 Å². The molecule has 0 spiro atoms. The molecule has 0 bridgehead atoms. The normalized spacial score (nSPS) is 21.7. The van der Waals surface area contributed by atoms with Crippen LogP contribution >= 0.6 is 0 Å². The van der Waals surface area contributed by atoms with Crippen LogP contribution in [-0.4, -0.2) is 20.8 Å². The van der Waals surface area contributed by atoms with E-state index < -0.39 is 0 Å². The fourth-order valence-corrected chi connectivity index (χ4v) is 2.90. The molecular weight excluding hydrogens is 248 g/mol. The minimum absolute atomic E-state index is 0.613. The van der Waals surface area contributed by atoms with Crippen molar-refractivity contribution in [2.24, 2.45) is 0 Å². The molecule has 1 aliphatic rings. The molecule has 106 valence electrons. The Labute approximate surface area is 120 Å². The fourth-order valence-electron chi connectivity index (χ4n) is 2.90. The Morgan fingerprint density at radius 2 is 2.20 bits per heavy atom. The van der Waals surface area contributed by atoms with E-state index in [2.05, 4.69) is 58.2 Å². The second-order valence-electron chi connectivity index (χ2n) is 5.69. The van der Waals surface area contributed by atoms with E-state index in [1.165, 1.54) is 24.0 Å². The number of benzene rings is 1. The van der Waals surface area contributed by atoms with Gasteiger partial charge in [0, 0.05) is 12.6 Å². The largest absolute Gasteiger partial charge is 0.317 e. The highest BCUT2D eigenvalue weighted by atomic mass is 15.3. The Balaban J connectivity index is 1.49. The third-order valence-electron chi connectivity index (χ3n) is 4.24. The minimum atomic E-state index is 0.613. The maximum Gasteiger partial charge on any atom is 0.146 e. The molecule has 0 aliphatic heterocycles. The van der Waals surface area contributed by atoms with Gasteiger partial charge in [-0.05, 0) is 38.2 Å². The van der Waals surface area contributed by atoms with Gasteiger partial charge in [0.2, 0.25) is 0 Å². The van der Waals surface area contributed by atoms with E-state index in [4.69, 9.17) is 0 Å². The number of hydrogen-bond acceptors (Lipinski definition) is 3. The molecule has 1 saturated carbocycles. The molecule has 1 heterocycles. The van der Waals surface area contributed by atoms with Gasteiger partial charge in [0.05, 0.1) is 6.54 Å². The monoisotopic (exact) mass is 270 g/mol. The number of hydrogen-bond donors (Lipinski definition) is 1. The van der Waals surface area contributed by atoms with Crippen LogP contribution in [0.25, 0.3) is 0 Å². The molecule has 20 heavy (non-hydrogen) atoms. The number of rotatable bonds is 5. The lowest BCUT2D eigenvalue weighted by Crippen LogP contribution is -2.40. The smallest absolute Gasteiger partial charge is 0.146 e. The standard InChI is InChI=1S/C16H22N4/c1-3-20-11-18-19-16(20)10-17-15-8-14(9-15)13-6-4-5-12(2)7-13/h4-7,11,14-15,17H,3,8-10H2,1-2H3. The van der Waals surface area contributed by atoms with E-state index in [1.54, 1.807) is 6.33 Å². The van der Waals surface area contributed by atoms with Gasteiger partial charge in [0.25, 0.3) is 0 Å². The molecule has 1 aromatic heterocycles. The van der Waals surface area contributed by atoms with Crippen molar-refractivity contribution in [3.8, 4) is 0 Å². The van der Waals surface area contributed by atoms with E-state index in [0.717, 1.165) is 24.8 Å². The van der Waals surface area contributed by atoms with Crippen LogP contribution < -0.4 is 5.32 Å². The highest BCUT2D eigenvalue weighted by molar-refractivity contribution is 5.27. The average Bonchev–Trinajstić information content (AvgIpc) is 2.84. The first-order chi connectivity index (χ1) is 9.76. The van der Waals surface area contributed by atoms with Crippen molar-refractivity contribution >= 4 is 0 Å². The molecule has 0 amide bonds. The van der Waals surface area contributed by atoms with E-state index in [0.29, 0.717) is 6.04 Å². The van der Waals surface area contributed by atoms with Gasteiger partial charge in [-0.3, -0.25) is 0 Å². The summed E-state index contributed by atoms with van der Waals surface area (Å²) in [5.41, 5.74) is 2.84. The van der Waals surface area contributed by atoms with Gasteiger partial charge in [-0.1, -0.05) is 29.8 Å². The molecule has 1 N–H and O–H groups in total. The van der Waals surface area contributed by atoms with Crippen LogP contribution in [0.4, 0.5) is 0 Å². The van der Waals surface area contributed by atoms with Crippen molar-refractivity contribution in [3.63, 3.8) is 0 Å². The van der Waals surface area contributed by atoms with Crippen molar-refractivity contribution in [2.75, 3.05) is 0 Å². The quantitative estimate of drug-likeness (QED) is 0.908. The van der Waals surface area contributed by atoms with Gasteiger partial charge in [0.15, 0.2) is 0 Å². The summed E-state index contributed by atoms with van der Waals surface area (Å²) in [7, 11) is 0. The van der Waals surface area contributed by atoms with E-state index in [1.807, 2.05) is 0 Å². The van der Waals surface area contributed by atoms with E-state index >= 15 is 0 Å². The maximum atomic E-state index is 4.16. The Morgan fingerprint density at radius 1 is 1.35 bits per heavy atom. The van der Waals surface area contributed by atoms with E-state index in [-0.39, 0.29) is 0 Å².